The van der Waals surface area contributed by atoms with Crippen molar-refractivity contribution in [3.63, 3.8) is 0 Å². The maximum atomic E-state index is 13.7. The summed E-state index contributed by atoms with van der Waals surface area (Å²) in [6.45, 7) is 2.17. The molecule has 2 atom stereocenters. The highest BCUT2D eigenvalue weighted by Gasteiger charge is 2.22. The highest BCUT2D eigenvalue weighted by Crippen LogP contribution is 2.28. The third kappa shape index (κ3) is 2.81. The summed E-state index contributed by atoms with van der Waals surface area (Å²) in [6.07, 6.45) is 4.61. The molecule has 4 heteroatoms. The van der Waals surface area contributed by atoms with Crippen molar-refractivity contribution in [1.29, 1.82) is 0 Å². The molecule has 3 N–H and O–H groups in total. The van der Waals surface area contributed by atoms with E-state index < -0.39 is 5.91 Å². The minimum absolute atomic E-state index is 0.274. The quantitative estimate of drug-likeness (QED) is 0.866. The molecule has 3 nitrogen and oxygen atoms in total. The molecule has 2 rings (SSSR count). The lowest BCUT2D eigenvalue weighted by Gasteiger charge is -2.30. The molecule has 1 aliphatic carbocycles. The predicted octanol–water partition coefficient (Wildman–Crippen LogP) is 2.92. The topological polar surface area (TPSA) is 55.1 Å². The Hall–Kier alpha value is -1.58. The van der Waals surface area contributed by atoms with Crippen molar-refractivity contribution in [1.82, 2.24) is 0 Å². The normalized spacial score (nSPS) is 23.7. The first kappa shape index (κ1) is 12.9. The Balaban J connectivity index is 2.17. The number of carbonyl (C=O) groups excluding carboxylic acids is 1. The summed E-state index contributed by atoms with van der Waals surface area (Å²) in [7, 11) is 0. The van der Waals surface area contributed by atoms with Gasteiger partial charge in [-0.25, -0.2) is 4.39 Å². The molecule has 0 bridgehead atoms. The van der Waals surface area contributed by atoms with Crippen LogP contribution in [0.3, 0.4) is 0 Å². The fourth-order valence-electron chi connectivity index (χ4n) is 2.52. The second-order valence-electron chi connectivity index (χ2n) is 5.07. The van der Waals surface area contributed by atoms with Gasteiger partial charge >= 0.3 is 0 Å². The van der Waals surface area contributed by atoms with E-state index in [1.54, 1.807) is 0 Å². The number of primary amides is 1. The average Bonchev–Trinajstić information content (AvgIpc) is 2.34. The van der Waals surface area contributed by atoms with E-state index in [9.17, 15) is 9.18 Å². The molecule has 1 saturated carbocycles. The Morgan fingerprint density at radius 2 is 2.11 bits per heavy atom. The van der Waals surface area contributed by atoms with E-state index in [4.69, 9.17) is 5.73 Å². The van der Waals surface area contributed by atoms with Gasteiger partial charge in [-0.15, -0.1) is 0 Å². The van der Waals surface area contributed by atoms with E-state index >= 15 is 0 Å². The molecule has 98 valence electrons. The van der Waals surface area contributed by atoms with Gasteiger partial charge in [0.05, 0.1) is 5.69 Å². The monoisotopic (exact) mass is 250 g/mol. The van der Waals surface area contributed by atoms with Crippen molar-refractivity contribution >= 4 is 11.6 Å². The summed E-state index contributed by atoms with van der Waals surface area (Å²) in [5.41, 5.74) is 5.92. The summed E-state index contributed by atoms with van der Waals surface area (Å²) < 4.78 is 13.7. The van der Waals surface area contributed by atoms with Gasteiger partial charge in [-0.2, -0.15) is 0 Å². The van der Waals surface area contributed by atoms with Gasteiger partial charge in [0.1, 0.15) is 5.82 Å². The molecule has 0 aromatic heterocycles. The van der Waals surface area contributed by atoms with Crippen LogP contribution in [0.25, 0.3) is 0 Å². The number of benzene rings is 1. The van der Waals surface area contributed by atoms with Crippen LogP contribution in [0.5, 0.6) is 0 Å². The fraction of sp³-hybridized carbons (Fsp3) is 0.500. The van der Waals surface area contributed by atoms with Crippen LogP contribution in [0.15, 0.2) is 18.2 Å². The van der Waals surface area contributed by atoms with Crippen molar-refractivity contribution in [3.05, 3.63) is 29.6 Å². The van der Waals surface area contributed by atoms with Crippen LogP contribution in [-0.2, 0) is 0 Å². The van der Waals surface area contributed by atoms with Crippen LogP contribution in [-0.4, -0.2) is 11.9 Å². The number of hydrogen-bond donors (Lipinski definition) is 2. The largest absolute Gasteiger partial charge is 0.380 e. The molecule has 0 aliphatic heterocycles. The van der Waals surface area contributed by atoms with Crippen LogP contribution in [0.1, 0.15) is 43.0 Å². The van der Waals surface area contributed by atoms with Gasteiger partial charge in [0, 0.05) is 11.6 Å². The molecule has 1 aromatic rings. The molecular weight excluding hydrogens is 231 g/mol. The Kier molecular flexibility index (Phi) is 3.84. The SMILES string of the molecule is CC1CCCCC1Nc1cc(C(N)=O)ccc1F. The molecule has 1 aromatic carbocycles. The summed E-state index contributed by atoms with van der Waals surface area (Å²) in [5, 5.41) is 3.21. The van der Waals surface area contributed by atoms with E-state index in [1.165, 1.54) is 31.0 Å². The number of hydrogen-bond acceptors (Lipinski definition) is 2. The second-order valence-corrected chi connectivity index (χ2v) is 5.07. The first-order chi connectivity index (χ1) is 8.58. The zero-order valence-corrected chi connectivity index (χ0v) is 10.6. The highest BCUT2D eigenvalue weighted by atomic mass is 19.1. The van der Waals surface area contributed by atoms with Crippen LogP contribution in [0.2, 0.25) is 0 Å². The van der Waals surface area contributed by atoms with Gasteiger partial charge in [0.25, 0.3) is 0 Å². The Labute approximate surface area is 107 Å². The van der Waals surface area contributed by atoms with Gasteiger partial charge < -0.3 is 11.1 Å². The standard InChI is InChI=1S/C14H19FN2O/c1-9-4-2-3-5-12(9)17-13-8-10(14(16)18)6-7-11(13)15/h6-9,12,17H,2-5H2,1H3,(H2,16,18). The molecule has 1 aliphatic rings. The summed E-state index contributed by atoms with van der Waals surface area (Å²) in [4.78, 5) is 11.1. The van der Waals surface area contributed by atoms with Gasteiger partial charge in [0.15, 0.2) is 0 Å². The Morgan fingerprint density at radius 3 is 2.78 bits per heavy atom. The summed E-state index contributed by atoms with van der Waals surface area (Å²) in [5.74, 6) is -0.345. The van der Waals surface area contributed by atoms with Gasteiger partial charge in [-0.05, 0) is 37.0 Å². The molecule has 0 heterocycles. The number of amides is 1. The maximum Gasteiger partial charge on any atom is 0.248 e. The van der Waals surface area contributed by atoms with Crippen LogP contribution < -0.4 is 11.1 Å². The molecule has 1 amide bonds. The van der Waals surface area contributed by atoms with Gasteiger partial charge in [-0.1, -0.05) is 19.8 Å². The van der Waals surface area contributed by atoms with E-state index in [0.717, 1.165) is 12.8 Å². The minimum Gasteiger partial charge on any atom is -0.380 e. The van der Waals surface area contributed by atoms with E-state index in [1.807, 2.05) is 0 Å². The smallest absolute Gasteiger partial charge is 0.248 e. The molecule has 1 fully saturated rings. The third-order valence-electron chi connectivity index (χ3n) is 3.70. The predicted molar refractivity (Wildman–Crippen MR) is 70.0 cm³/mol. The van der Waals surface area contributed by atoms with E-state index in [-0.39, 0.29) is 11.9 Å². The average molecular weight is 250 g/mol. The minimum atomic E-state index is -0.533. The number of rotatable bonds is 3. The molecule has 0 spiro atoms. The fourth-order valence-corrected chi connectivity index (χ4v) is 2.52. The lowest BCUT2D eigenvalue weighted by atomic mass is 9.86. The summed E-state index contributed by atoms with van der Waals surface area (Å²) in [6, 6.07) is 4.47. The molecule has 0 radical (unpaired) electrons. The van der Waals surface area contributed by atoms with Gasteiger partial charge in [0.2, 0.25) is 5.91 Å². The van der Waals surface area contributed by atoms with E-state index in [0.29, 0.717) is 17.2 Å². The number of halogens is 1. The second kappa shape index (κ2) is 5.38. The van der Waals surface area contributed by atoms with Crippen LogP contribution in [0, 0.1) is 11.7 Å². The first-order valence-electron chi connectivity index (χ1n) is 6.44. The lowest BCUT2D eigenvalue weighted by Crippen LogP contribution is -2.30. The number of carbonyl (C=O) groups is 1. The van der Waals surface area contributed by atoms with Crippen molar-refractivity contribution in [2.75, 3.05) is 5.32 Å². The highest BCUT2D eigenvalue weighted by molar-refractivity contribution is 5.93. The van der Waals surface area contributed by atoms with E-state index in [2.05, 4.69) is 12.2 Å². The molecule has 18 heavy (non-hydrogen) atoms. The maximum absolute atomic E-state index is 13.7. The van der Waals surface area contributed by atoms with Crippen LogP contribution >= 0.6 is 0 Å². The number of anilines is 1. The first-order valence-corrected chi connectivity index (χ1v) is 6.44. The molecular formula is C14H19FN2O. The van der Waals surface area contributed by atoms with Crippen molar-refractivity contribution in [2.45, 2.75) is 38.6 Å². The van der Waals surface area contributed by atoms with Gasteiger partial charge in [-0.3, -0.25) is 4.79 Å². The third-order valence-corrected chi connectivity index (χ3v) is 3.70. The number of nitrogens with two attached hydrogens (primary N) is 1. The Bertz CT molecular complexity index is 447. The number of nitrogens with one attached hydrogen (secondary N) is 1. The zero-order valence-electron chi connectivity index (χ0n) is 10.6. The molecule has 0 saturated heterocycles. The van der Waals surface area contributed by atoms with Crippen molar-refractivity contribution < 1.29 is 9.18 Å². The Morgan fingerprint density at radius 1 is 1.39 bits per heavy atom. The van der Waals surface area contributed by atoms with Crippen molar-refractivity contribution in [2.24, 2.45) is 11.7 Å². The van der Waals surface area contributed by atoms with Crippen molar-refractivity contribution in [3.8, 4) is 0 Å². The zero-order chi connectivity index (χ0) is 13.1. The molecule has 2 unspecified atom stereocenters. The summed E-state index contributed by atoms with van der Waals surface area (Å²) >= 11 is 0. The lowest BCUT2D eigenvalue weighted by molar-refractivity contribution is 0.100. The van der Waals surface area contributed by atoms with Crippen LogP contribution in [0.4, 0.5) is 10.1 Å².